The number of aliphatic hydroxyl groups excluding tert-OH is 1. The fourth-order valence-corrected chi connectivity index (χ4v) is 3.28. The van der Waals surface area contributed by atoms with Crippen molar-refractivity contribution < 1.29 is 14.4 Å². The first-order valence-corrected chi connectivity index (χ1v) is 8.99. The summed E-state index contributed by atoms with van der Waals surface area (Å²) in [5.74, 6) is 1.29. The number of amides is 1. The van der Waals surface area contributed by atoms with Crippen LogP contribution in [0.4, 0.5) is 0 Å². The molecule has 1 aromatic carbocycles. The zero-order chi connectivity index (χ0) is 17.6. The van der Waals surface area contributed by atoms with Gasteiger partial charge in [-0.15, -0.1) is 0 Å². The quantitative estimate of drug-likeness (QED) is 0.839. The van der Waals surface area contributed by atoms with Gasteiger partial charge >= 0.3 is 0 Å². The Bertz CT molecular complexity index is 680. The zero-order valence-electron chi connectivity index (χ0n) is 14.5. The van der Waals surface area contributed by atoms with Gasteiger partial charge in [-0.25, -0.2) is 0 Å². The van der Waals surface area contributed by atoms with Gasteiger partial charge in [0.15, 0.2) is 5.82 Å². The zero-order valence-corrected chi connectivity index (χ0v) is 14.5. The third-order valence-corrected chi connectivity index (χ3v) is 4.74. The summed E-state index contributed by atoms with van der Waals surface area (Å²) in [4.78, 5) is 16.6. The van der Waals surface area contributed by atoms with Crippen molar-refractivity contribution in [2.24, 2.45) is 0 Å². The van der Waals surface area contributed by atoms with E-state index in [4.69, 9.17) is 4.52 Å². The number of hydrogen-bond acceptors (Lipinski definition) is 5. The second-order valence-corrected chi connectivity index (χ2v) is 6.75. The highest BCUT2D eigenvalue weighted by atomic mass is 16.5. The second-order valence-electron chi connectivity index (χ2n) is 6.75. The smallest absolute Gasteiger partial charge is 0.248 e. The predicted octanol–water partition coefficient (Wildman–Crippen LogP) is 3.42. The molecule has 1 amide bonds. The minimum atomic E-state index is -0.825. The molecule has 3 rings (SSSR count). The van der Waals surface area contributed by atoms with E-state index in [2.05, 4.69) is 15.5 Å². The van der Waals surface area contributed by atoms with Crippen LogP contribution in [0.25, 0.3) is 0 Å². The van der Waals surface area contributed by atoms with Crippen LogP contribution in [-0.2, 0) is 4.79 Å². The molecule has 0 bridgehead atoms. The molecule has 25 heavy (non-hydrogen) atoms. The molecule has 1 fully saturated rings. The Morgan fingerprint density at radius 1 is 1.28 bits per heavy atom. The van der Waals surface area contributed by atoms with Crippen LogP contribution in [0.5, 0.6) is 0 Å². The standard InChI is InChI=1S/C19H25N3O3/c1-13(19-21-18(22-25-19)15-10-6-3-7-11-15)20-17(24)12-16(23)14-8-4-2-5-9-14/h2,4-5,8-9,13,15-16,23H,3,6-7,10-12H2,1H3,(H,20,24). The molecule has 1 heterocycles. The van der Waals surface area contributed by atoms with E-state index in [9.17, 15) is 9.90 Å². The fourth-order valence-electron chi connectivity index (χ4n) is 3.28. The van der Waals surface area contributed by atoms with Gasteiger partial charge in [0.1, 0.15) is 6.04 Å². The molecule has 1 aromatic heterocycles. The molecule has 0 radical (unpaired) electrons. The minimum absolute atomic E-state index is 0.00201. The Balaban J connectivity index is 1.54. The molecule has 2 N–H and O–H groups in total. The number of carbonyl (C=O) groups is 1. The van der Waals surface area contributed by atoms with E-state index in [1.54, 1.807) is 12.1 Å². The monoisotopic (exact) mass is 343 g/mol. The highest BCUT2D eigenvalue weighted by molar-refractivity contribution is 5.77. The highest BCUT2D eigenvalue weighted by Gasteiger charge is 2.24. The Hall–Kier alpha value is -2.21. The van der Waals surface area contributed by atoms with Gasteiger partial charge in [-0.3, -0.25) is 4.79 Å². The number of nitrogens with zero attached hydrogens (tertiary/aromatic N) is 2. The van der Waals surface area contributed by atoms with Crippen molar-refractivity contribution in [2.75, 3.05) is 0 Å². The maximum Gasteiger partial charge on any atom is 0.248 e. The summed E-state index contributed by atoms with van der Waals surface area (Å²) in [6.07, 6.45) is 5.06. The molecule has 6 heteroatoms. The Morgan fingerprint density at radius 2 is 2.00 bits per heavy atom. The van der Waals surface area contributed by atoms with E-state index < -0.39 is 6.10 Å². The number of aromatic nitrogens is 2. The van der Waals surface area contributed by atoms with Crippen molar-refractivity contribution >= 4 is 5.91 Å². The average Bonchev–Trinajstić information content (AvgIpc) is 3.13. The molecule has 1 aliphatic carbocycles. The van der Waals surface area contributed by atoms with E-state index >= 15 is 0 Å². The third kappa shape index (κ3) is 4.66. The van der Waals surface area contributed by atoms with Crippen LogP contribution in [0.2, 0.25) is 0 Å². The molecule has 0 aliphatic heterocycles. The lowest BCUT2D eigenvalue weighted by Crippen LogP contribution is -2.28. The highest BCUT2D eigenvalue weighted by Crippen LogP contribution is 2.31. The van der Waals surface area contributed by atoms with Crippen LogP contribution in [0.15, 0.2) is 34.9 Å². The summed E-state index contributed by atoms with van der Waals surface area (Å²) in [5.41, 5.74) is 0.725. The molecule has 134 valence electrons. The SMILES string of the molecule is CC(NC(=O)CC(O)c1ccccc1)c1nc(C2CCCCC2)no1. The fraction of sp³-hybridized carbons (Fsp3) is 0.526. The second kappa shape index (κ2) is 8.25. The molecule has 2 aromatic rings. The van der Waals surface area contributed by atoms with E-state index in [1.165, 1.54) is 19.3 Å². The lowest BCUT2D eigenvalue weighted by molar-refractivity contribution is -0.123. The number of rotatable bonds is 6. The van der Waals surface area contributed by atoms with Gasteiger partial charge in [-0.2, -0.15) is 4.98 Å². The van der Waals surface area contributed by atoms with Crippen LogP contribution >= 0.6 is 0 Å². The van der Waals surface area contributed by atoms with E-state index in [1.807, 2.05) is 25.1 Å². The Labute approximate surface area is 147 Å². The van der Waals surface area contributed by atoms with Crippen LogP contribution in [0.3, 0.4) is 0 Å². The van der Waals surface area contributed by atoms with Gasteiger partial charge < -0.3 is 14.9 Å². The molecule has 6 nitrogen and oxygen atoms in total. The lowest BCUT2D eigenvalue weighted by Gasteiger charge is -2.17. The van der Waals surface area contributed by atoms with Gasteiger partial charge in [0.05, 0.1) is 12.5 Å². The largest absolute Gasteiger partial charge is 0.388 e. The summed E-state index contributed by atoms with van der Waals surface area (Å²) < 4.78 is 5.33. The first-order valence-electron chi connectivity index (χ1n) is 8.99. The molecular weight excluding hydrogens is 318 g/mol. The first-order chi connectivity index (χ1) is 12.1. The van der Waals surface area contributed by atoms with Gasteiger partial charge in [0.25, 0.3) is 0 Å². The number of benzene rings is 1. The first kappa shape index (κ1) is 17.6. The van der Waals surface area contributed by atoms with Crippen molar-refractivity contribution in [1.29, 1.82) is 0 Å². The van der Waals surface area contributed by atoms with E-state index in [0.717, 1.165) is 24.2 Å². The van der Waals surface area contributed by atoms with Crippen LogP contribution in [0, 0.1) is 0 Å². The lowest BCUT2D eigenvalue weighted by atomic mass is 9.89. The summed E-state index contributed by atoms with van der Waals surface area (Å²) >= 11 is 0. The summed E-state index contributed by atoms with van der Waals surface area (Å²) in [6.45, 7) is 1.81. The van der Waals surface area contributed by atoms with Crippen LogP contribution in [0.1, 0.15) is 80.8 Å². The molecule has 1 saturated carbocycles. The van der Waals surface area contributed by atoms with E-state index in [-0.39, 0.29) is 18.4 Å². The van der Waals surface area contributed by atoms with Crippen molar-refractivity contribution in [3.05, 3.63) is 47.6 Å². The van der Waals surface area contributed by atoms with Crippen molar-refractivity contribution in [3.63, 3.8) is 0 Å². The molecule has 0 spiro atoms. The number of nitrogens with one attached hydrogen (secondary N) is 1. The van der Waals surface area contributed by atoms with Crippen LogP contribution in [-0.4, -0.2) is 21.2 Å². The summed E-state index contributed by atoms with van der Waals surface area (Å²) in [5, 5.41) is 17.0. The molecule has 2 unspecified atom stereocenters. The number of carbonyl (C=O) groups excluding carboxylic acids is 1. The topological polar surface area (TPSA) is 88.2 Å². The number of aliphatic hydroxyl groups is 1. The molecular formula is C19H25N3O3. The summed E-state index contributed by atoms with van der Waals surface area (Å²) in [6, 6.07) is 8.78. The Morgan fingerprint density at radius 3 is 2.72 bits per heavy atom. The van der Waals surface area contributed by atoms with Crippen molar-refractivity contribution in [3.8, 4) is 0 Å². The molecule has 1 aliphatic rings. The third-order valence-electron chi connectivity index (χ3n) is 4.74. The minimum Gasteiger partial charge on any atom is -0.388 e. The average molecular weight is 343 g/mol. The van der Waals surface area contributed by atoms with Gasteiger partial charge in [0.2, 0.25) is 11.8 Å². The van der Waals surface area contributed by atoms with Gasteiger partial charge in [-0.1, -0.05) is 54.8 Å². The molecule has 0 saturated heterocycles. The molecule has 2 atom stereocenters. The Kier molecular flexibility index (Phi) is 5.81. The predicted molar refractivity (Wildman–Crippen MR) is 92.7 cm³/mol. The number of hydrogen-bond donors (Lipinski definition) is 2. The van der Waals surface area contributed by atoms with Gasteiger partial charge in [0, 0.05) is 5.92 Å². The maximum absolute atomic E-state index is 12.2. The summed E-state index contributed by atoms with van der Waals surface area (Å²) in [7, 11) is 0. The van der Waals surface area contributed by atoms with Crippen molar-refractivity contribution in [2.45, 2.75) is 63.5 Å². The normalized spacial score (nSPS) is 17.8. The van der Waals surface area contributed by atoms with Gasteiger partial charge in [-0.05, 0) is 25.3 Å². The van der Waals surface area contributed by atoms with Crippen LogP contribution < -0.4 is 5.32 Å². The van der Waals surface area contributed by atoms with E-state index in [0.29, 0.717) is 11.8 Å². The van der Waals surface area contributed by atoms with Crippen molar-refractivity contribution in [1.82, 2.24) is 15.5 Å². The maximum atomic E-state index is 12.2.